The predicted molar refractivity (Wildman–Crippen MR) is 111 cm³/mol. The molecule has 3 aliphatic rings. The first-order valence-electron chi connectivity index (χ1n) is 10.8. The van der Waals surface area contributed by atoms with Crippen molar-refractivity contribution in [2.75, 3.05) is 24.6 Å². The molecule has 0 unspecified atom stereocenters. The van der Waals surface area contributed by atoms with Crippen LogP contribution in [0.25, 0.3) is 0 Å². The van der Waals surface area contributed by atoms with Crippen LogP contribution in [0.5, 0.6) is 6.01 Å². The molecule has 0 N–H and O–H groups in total. The Labute approximate surface area is 171 Å². The zero-order chi connectivity index (χ0) is 19.6. The molecular formula is C23H28N4O2. The molecule has 6 nitrogen and oxygen atoms in total. The van der Waals surface area contributed by atoms with Crippen molar-refractivity contribution >= 4 is 11.7 Å². The van der Waals surface area contributed by atoms with E-state index in [0.29, 0.717) is 31.4 Å². The highest BCUT2D eigenvalue weighted by molar-refractivity contribution is 6.00. The Kier molecular flexibility index (Phi) is 5.19. The van der Waals surface area contributed by atoms with E-state index in [2.05, 4.69) is 39.1 Å². The van der Waals surface area contributed by atoms with E-state index in [1.165, 1.54) is 44.3 Å². The smallest absolute Gasteiger partial charge is 0.318 e. The molecule has 1 amide bonds. The van der Waals surface area contributed by atoms with Crippen LogP contribution in [0.1, 0.15) is 48.8 Å². The zero-order valence-electron chi connectivity index (χ0n) is 16.8. The lowest BCUT2D eigenvalue weighted by Gasteiger charge is -2.19. The number of fused-ring (bicyclic) bond motifs is 1. The third-order valence-electron chi connectivity index (χ3n) is 6.11. The van der Waals surface area contributed by atoms with Gasteiger partial charge < -0.3 is 4.74 Å². The molecule has 5 rings (SSSR count). The van der Waals surface area contributed by atoms with Gasteiger partial charge in [-0.2, -0.15) is 4.98 Å². The van der Waals surface area contributed by atoms with Crippen LogP contribution in [0.15, 0.2) is 30.5 Å². The number of hydrogen-bond acceptors (Lipinski definition) is 5. The highest BCUT2D eigenvalue weighted by Gasteiger charge is 2.30. The fraction of sp³-hybridized carbons (Fsp3) is 0.522. The lowest BCUT2D eigenvalue weighted by atomic mass is 10.1. The summed E-state index contributed by atoms with van der Waals surface area (Å²) in [5.41, 5.74) is 3.33. The van der Waals surface area contributed by atoms with Crippen LogP contribution >= 0.6 is 0 Å². The molecule has 0 atom stereocenters. The van der Waals surface area contributed by atoms with Crippen LogP contribution < -0.4 is 9.64 Å². The fourth-order valence-corrected chi connectivity index (χ4v) is 4.28. The van der Waals surface area contributed by atoms with Crippen LogP contribution in [0.4, 0.5) is 5.82 Å². The summed E-state index contributed by atoms with van der Waals surface area (Å²) in [6.07, 6.45) is 8.39. The monoisotopic (exact) mass is 392 g/mol. The summed E-state index contributed by atoms with van der Waals surface area (Å²) in [7, 11) is 0. The minimum Gasteiger partial charge on any atom is -0.463 e. The van der Waals surface area contributed by atoms with Gasteiger partial charge in [0, 0.05) is 18.3 Å². The second kappa shape index (κ2) is 8.11. The van der Waals surface area contributed by atoms with Gasteiger partial charge in [0.15, 0.2) is 0 Å². The summed E-state index contributed by atoms with van der Waals surface area (Å²) in [5.74, 6) is 1.60. The van der Waals surface area contributed by atoms with Gasteiger partial charge in [-0.1, -0.05) is 37.1 Å². The van der Waals surface area contributed by atoms with Crippen LogP contribution in [-0.2, 0) is 24.3 Å². The van der Waals surface area contributed by atoms with Crippen molar-refractivity contribution in [3.05, 3.63) is 47.2 Å². The fourth-order valence-electron chi connectivity index (χ4n) is 4.28. The Morgan fingerprint density at radius 1 is 1.10 bits per heavy atom. The molecule has 29 heavy (non-hydrogen) atoms. The van der Waals surface area contributed by atoms with Crippen LogP contribution in [0.3, 0.4) is 0 Å². The maximum atomic E-state index is 12.6. The summed E-state index contributed by atoms with van der Waals surface area (Å²) >= 11 is 0. The van der Waals surface area contributed by atoms with Gasteiger partial charge in [0.25, 0.3) is 0 Å². The SMILES string of the molecule is O=C1Cc2cnc(OCCC3CC3)nc2N1Cc1cccc(CN2CCCC2)c1. The van der Waals surface area contributed by atoms with E-state index in [1.807, 2.05) is 0 Å². The van der Waals surface area contributed by atoms with Gasteiger partial charge in [-0.3, -0.25) is 14.6 Å². The van der Waals surface area contributed by atoms with Crippen molar-refractivity contribution in [3.63, 3.8) is 0 Å². The molecule has 0 bridgehead atoms. The van der Waals surface area contributed by atoms with Gasteiger partial charge in [0.2, 0.25) is 5.91 Å². The third kappa shape index (κ3) is 4.42. The molecule has 2 fully saturated rings. The number of rotatable bonds is 8. The Hall–Kier alpha value is -2.47. The zero-order valence-corrected chi connectivity index (χ0v) is 16.8. The molecule has 152 valence electrons. The summed E-state index contributed by atoms with van der Waals surface area (Å²) in [6.45, 7) is 4.54. The minimum atomic E-state index is 0.0781. The largest absolute Gasteiger partial charge is 0.463 e. The van der Waals surface area contributed by atoms with Gasteiger partial charge >= 0.3 is 6.01 Å². The average Bonchev–Trinajstić information content (AvgIpc) is 3.31. The number of carbonyl (C=O) groups excluding carboxylic acids is 1. The van der Waals surface area contributed by atoms with Crippen molar-refractivity contribution in [2.24, 2.45) is 5.92 Å². The second-order valence-electron chi connectivity index (χ2n) is 8.54. The first-order chi connectivity index (χ1) is 14.2. The minimum absolute atomic E-state index is 0.0781. The van der Waals surface area contributed by atoms with Crippen molar-refractivity contribution in [1.82, 2.24) is 14.9 Å². The van der Waals surface area contributed by atoms with E-state index < -0.39 is 0 Å². The molecule has 1 aromatic heterocycles. The van der Waals surface area contributed by atoms with Crippen LogP contribution in [0.2, 0.25) is 0 Å². The molecule has 3 heterocycles. The van der Waals surface area contributed by atoms with E-state index in [1.54, 1.807) is 11.1 Å². The topological polar surface area (TPSA) is 58.6 Å². The van der Waals surface area contributed by atoms with E-state index in [4.69, 9.17) is 4.74 Å². The van der Waals surface area contributed by atoms with Crippen molar-refractivity contribution in [2.45, 2.75) is 51.6 Å². The van der Waals surface area contributed by atoms with E-state index in [-0.39, 0.29) is 5.91 Å². The second-order valence-corrected chi connectivity index (χ2v) is 8.54. The van der Waals surface area contributed by atoms with Gasteiger partial charge in [-0.15, -0.1) is 0 Å². The Morgan fingerprint density at radius 2 is 1.90 bits per heavy atom. The maximum absolute atomic E-state index is 12.6. The number of carbonyl (C=O) groups is 1. The summed E-state index contributed by atoms with van der Waals surface area (Å²) in [4.78, 5) is 25.8. The normalized spacial score (nSPS) is 19.0. The number of hydrogen-bond donors (Lipinski definition) is 0. The predicted octanol–water partition coefficient (Wildman–Crippen LogP) is 3.34. The molecule has 1 saturated carbocycles. The van der Waals surface area contributed by atoms with Crippen LogP contribution in [0, 0.1) is 5.92 Å². The molecule has 2 aliphatic heterocycles. The summed E-state index contributed by atoms with van der Waals surface area (Å²) < 4.78 is 5.74. The Bertz CT molecular complexity index is 890. The van der Waals surface area contributed by atoms with Gasteiger partial charge in [0.1, 0.15) is 5.82 Å². The number of nitrogens with zero attached hydrogens (tertiary/aromatic N) is 4. The number of anilines is 1. The lowest BCUT2D eigenvalue weighted by Crippen LogP contribution is -2.27. The standard InChI is InChI=1S/C23H28N4O2/c28-21-13-20-14-24-23(29-11-8-17-6-7-17)25-22(20)27(21)16-19-5-3-4-18(12-19)15-26-9-1-2-10-26/h3-5,12,14,17H,1-2,6-11,13,15-16H2. The number of likely N-dealkylation sites (tertiary alicyclic amines) is 1. The van der Waals surface area contributed by atoms with E-state index in [9.17, 15) is 4.79 Å². The highest BCUT2D eigenvalue weighted by atomic mass is 16.5. The molecule has 0 spiro atoms. The molecule has 2 aromatic rings. The highest BCUT2D eigenvalue weighted by Crippen LogP contribution is 2.33. The number of benzene rings is 1. The number of aromatic nitrogens is 2. The Morgan fingerprint density at radius 3 is 2.69 bits per heavy atom. The van der Waals surface area contributed by atoms with E-state index >= 15 is 0 Å². The van der Waals surface area contributed by atoms with Gasteiger partial charge in [-0.25, -0.2) is 4.98 Å². The molecule has 6 heteroatoms. The number of amides is 1. The third-order valence-corrected chi connectivity index (χ3v) is 6.11. The molecular weight excluding hydrogens is 364 g/mol. The Balaban J connectivity index is 1.28. The molecule has 1 aromatic carbocycles. The summed E-state index contributed by atoms with van der Waals surface area (Å²) in [6, 6.07) is 8.96. The van der Waals surface area contributed by atoms with Gasteiger partial charge in [-0.05, 0) is 49.4 Å². The molecule has 1 saturated heterocycles. The van der Waals surface area contributed by atoms with Crippen molar-refractivity contribution in [1.29, 1.82) is 0 Å². The average molecular weight is 393 g/mol. The van der Waals surface area contributed by atoms with Crippen LogP contribution in [-0.4, -0.2) is 40.5 Å². The van der Waals surface area contributed by atoms with Crippen molar-refractivity contribution in [3.8, 4) is 6.01 Å². The van der Waals surface area contributed by atoms with E-state index in [0.717, 1.165) is 30.0 Å². The lowest BCUT2D eigenvalue weighted by molar-refractivity contribution is -0.117. The van der Waals surface area contributed by atoms with Gasteiger partial charge in [0.05, 0.1) is 19.6 Å². The number of ether oxygens (including phenoxy) is 1. The maximum Gasteiger partial charge on any atom is 0.318 e. The summed E-state index contributed by atoms with van der Waals surface area (Å²) in [5, 5.41) is 0. The first kappa shape index (κ1) is 18.6. The first-order valence-corrected chi connectivity index (χ1v) is 10.8. The van der Waals surface area contributed by atoms with Crippen molar-refractivity contribution < 1.29 is 9.53 Å². The quantitative estimate of drug-likeness (QED) is 0.690. The molecule has 0 radical (unpaired) electrons. The molecule has 1 aliphatic carbocycles.